The Balaban J connectivity index is 1.48. The summed E-state index contributed by atoms with van der Waals surface area (Å²) in [4.78, 5) is 15.3. The van der Waals surface area contributed by atoms with Crippen molar-refractivity contribution in [3.8, 4) is 11.5 Å². The number of ketones is 1. The molecular formula is C24H33N2O4+. The van der Waals surface area contributed by atoms with Crippen LogP contribution in [0.15, 0.2) is 36.4 Å². The lowest BCUT2D eigenvalue weighted by Crippen LogP contribution is -3.16. The van der Waals surface area contributed by atoms with Gasteiger partial charge in [-0.05, 0) is 50.6 Å². The topological polar surface area (TPSA) is 63.4 Å². The zero-order valence-corrected chi connectivity index (χ0v) is 18.4. The summed E-state index contributed by atoms with van der Waals surface area (Å²) in [5.41, 5.74) is 4.49. The lowest BCUT2D eigenvalue weighted by atomic mass is 10.1. The number of carbonyl (C=O) groups is 1. The van der Waals surface area contributed by atoms with Crippen LogP contribution in [0.2, 0.25) is 0 Å². The second kappa shape index (κ2) is 9.96. The van der Waals surface area contributed by atoms with Crippen molar-refractivity contribution in [2.24, 2.45) is 0 Å². The fraction of sp³-hybridized carbons (Fsp3) is 0.458. The van der Waals surface area contributed by atoms with E-state index in [2.05, 4.69) is 36.9 Å². The molecule has 0 bridgehead atoms. The van der Waals surface area contributed by atoms with E-state index in [-0.39, 0.29) is 12.4 Å². The predicted octanol–water partition coefficient (Wildman–Crippen LogP) is 1.66. The number of hydrogen-bond donors (Lipinski definition) is 2. The zero-order chi connectivity index (χ0) is 21.7. The summed E-state index contributed by atoms with van der Waals surface area (Å²) in [5, 5.41) is 10.5. The number of aliphatic hydroxyl groups excluding tert-OH is 1. The van der Waals surface area contributed by atoms with Gasteiger partial charge in [0.1, 0.15) is 19.3 Å². The van der Waals surface area contributed by atoms with Crippen LogP contribution in [0.25, 0.3) is 0 Å². The molecule has 162 valence electrons. The number of piperazine rings is 1. The molecule has 2 N–H and O–H groups in total. The third-order valence-electron chi connectivity index (χ3n) is 5.69. The summed E-state index contributed by atoms with van der Waals surface area (Å²) in [6, 6.07) is 11.7. The largest absolute Gasteiger partial charge is 0.493 e. The molecule has 6 nitrogen and oxygen atoms in total. The molecule has 0 aliphatic carbocycles. The monoisotopic (exact) mass is 413 g/mol. The molecule has 0 radical (unpaired) electrons. The van der Waals surface area contributed by atoms with Gasteiger partial charge in [0.05, 0.1) is 33.3 Å². The van der Waals surface area contributed by atoms with Gasteiger partial charge in [-0.2, -0.15) is 0 Å². The molecule has 1 aliphatic rings. The number of ether oxygens (including phenoxy) is 2. The Morgan fingerprint density at radius 1 is 1.13 bits per heavy atom. The highest BCUT2D eigenvalue weighted by atomic mass is 16.5. The third-order valence-corrected chi connectivity index (χ3v) is 5.69. The molecule has 0 unspecified atom stereocenters. The maximum Gasteiger partial charge on any atom is 0.161 e. The maximum absolute atomic E-state index is 11.5. The van der Waals surface area contributed by atoms with E-state index in [4.69, 9.17) is 9.47 Å². The molecule has 30 heavy (non-hydrogen) atoms. The molecule has 0 amide bonds. The van der Waals surface area contributed by atoms with E-state index in [1.54, 1.807) is 25.3 Å². The van der Waals surface area contributed by atoms with Crippen LogP contribution in [0.1, 0.15) is 28.4 Å². The predicted molar refractivity (Wildman–Crippen MR) is 118 cm³/mol. The van der Waals surface area contributed by atoms with E-state index in [0.29, 0.717) is 23.6 Å². The molecule has 1 fully saturated rings. The van der Waals surface area contributed by atoms with Gasteiger partial charge in [0.25, 0.3) is 0 Å². The van der Waals surface area contributed by atoms with E-state index in [0.717, 1.165) is 26.2 Å². The van der Waals surface area contributed by atoms with Crippen LogP contribution in [0.4, 0.5) is 5.69 Å². The lowest BCUT2D eigenvalue weighted by Gasteiger charge is -2.35. The van der Waals surface area contributed by atoms with Crippen molar-refractivity contribution in [1.29, 1.82) is 0 Å². The number of carbonyl (C=O) groups excluding carboxylic acids is 1. The highest BCUT2D eigenvalue weighted by molar-refractivity contribution is 5.94. The van der Waals surface area contributed by atoms with Gasteiger partial charge in [-0.1, -0.05) is 17.7 Å². The van der Waals surface area contributed by atoms with E-state index in [9.17, 15) is 9.90 Å². The van der Waals surface area contributed by atoms with Crippen molar-refractivity contribution < 1.29 is 24.3 Å². The first-order valence-corrected chi connectivity index (χ1v) is 10.5. The van der Waals surface area contributed by atoms with Crippen LogP contribution < -0.4 is 19.3 Å². The Bertz CT molecular complexity index is 876. The first kappa shape index (κ1) is 22.1. The van der Waals surface area contributed by atoms with Gasteiger partial charge in [-0.15, -0.1) is 0 Å². The average molecular weight is 414 g/mol. The van der Waals surface area contributed by atoms with Crippen LogP contribution in [-0.4, -0.2) is 63.4 Å². The van der Waals surface area contributed by atoms with Crippen LogP contribution in [-0.2, 0) is 0 Å². The molecular weight excluding hydrogens is 380 g/mol. The Kier molecular flexibility index (Phi) is 7.34. The van der Waals surface area contributed by atoms with Gasteiger partial charge in [0.2, 0.25) is 0 Å². The van der Waals surface area contributed by atoms with Gasteiger partial charge in [0, 0.05) is 11.3 Å². The Morgan fingerprint density at radius 3 is 2.50 bits per heavy atom. The number of aryl methyl sites for hydroxylation is 2. The second-order valence-electron chi connectivity index (χ2n) is 8.12. The summed E-state index contributed by atoms with van der Waals surface area (Å²) in [5.74, 6) is 1.02. The Hall–Kier alpha value is -2.57. The van der Waals surface area contributed by atoms with Gasteiger partial charge in [-0.3, -0.25) is 4.79 Å². The minimum atomic E-state index is -0.565. The van der Waals surface area contributed by atoms with E-state index >= 15 is 0 Å². The second-order valence-corrected chi connectivity index (χ2v) is 8.12. The molecule has 1 saturated heterocycles. The van der Waals surface area contributed by atoms with Crippen LogP contribution in [0, 0.1) is 13.8 Å². The molecule has 1 heterocycles. The van der Waals surface area contributed by atoms with Gasteiger partial charge in [0.15, 0.2) is 17.3 Å². The van der Waals surface area contributed by atoms with E-state index < -0.39 is 6.10 Å². The molecule has 0 saturated carbocycles. The molecule has 3 rings (SSSR count). The first-order chi connectivity index (χ1) is 14.4. The number of nitrogens with one attached hydrogen (secondary N) is 1. The number of hydrogen-bond acceptors (Lipinski definition) is 5. The summed E-state index contributed by atoms with van der Waals surface area (Å²) >= 11 is 0. The van der Waals surface area contributed by atoms with E-state index in [1.807, 2.05) is 0 Å². The summed E-state index contributed by atoms with van der Waals surface area (Å²) in [6.07, 6.45) is -0.565. The Labute approximate surface area is 179 Å². The van der Waals surface area contributed by atoms with Gasteiger partial charge in [-0.25, -0.2) is 0 Å². The van der Waals surface area contributed by atoms with Crippen LogP contribution in [0.5, 0.6) is 11.5 Å². The minimum Gasteiger partial charge on any atom is -0.493 e. The molecule has 2 aromatic rings. The van der Waals surface area contributed by atoms with Crippen molar-refractivity contribution in [2.75, 3.05) is 51.3 Å². The van der Waals surface area contributed by atoms with Crippen molar-refractivity contribution in [3.05, 3.63) is 53.1 Å². The number of quaternary nitrogens is 1. The number of benzene rings is 2. The third kappa shape index (κ3) is 5.52. The highest BCUT2D eigenvalue weighted by Gasteiger charge is 2.24. The van der Waals surface area contributed by atoms with Crippen molar-refractivity contribution in [3.63, 3.8) is 0 Å². The summed E-state index contributed by atoms with van der Waals surface area (Å²) in [7, 11) is 1.54. The number of anilines is 1. The average Bonchev–Trinajstić information content (AvgIpc) is 2.73. The molecule has 0 aromatic heterocycles. The fourth-order valence-corrected chi connectivity index (χ4v) is 4.01. The number of aliphatic hydroxyl groups is 1. The molecule has 1 aliphatic heterocycles. The summed E-state index contributed by atoms with van der Waals surface area (Å²) < 4.78 is 11.1. The Morgan fingerprint density at radius 2 is 1.87 bits per heavy atom. The molecule has 2 aromatic carbocycles. The quantitative estimate of drug-likeness (QED) is 0.645. The van der Waals surface area contributed by atoms with Crippen molar-refractivity contribution in [1.82, 2.24) is 0 Å². The molecule has 0 spiro atoms. The van der Waals surface area contributed by atoms with Crippen LogP contribution >= 0.6 is 0 Å². The lowest BCUT2D eigenvalue weighted by molar-refractivity contribution is -0.903. The maximum atomic E-state index is 11.5. The van der Waals surface area contributed by atoms with Gasteiger partial charge >= 0.3 is 0 Å². The first-order valence-electron chi connectivity index (χ1n) is 10.5. The number of methoxy groups -OCH3 is 1. The minimum absolute atomic E-state index is 0.0246. The van der Waals surface area contributed by atoms with Crippen LogP contribution in [0.3, 0.4) is 0 Å². The molecule has 6 heteroatoms. The van der Waals surface area contributed by atoms with Crippen molar-refractivity contribution >= 4 is 11.5 Å². The highest BCUT2D eigenvalue weighted by Crippen LogP contribution is 2.28. The number of rotatable bonds is 8. The van der Waals surface area contributed by atoms with E-state index in [1.165, 1.54) is 28.6 Å². The normalized spacial score (nSPS) is 15.7. The molecule has 1 atom stereocenters. The zero-order valence-electron chi connectivity index (χ0n) is 18.4. The number of Topliss-reactive ketones (excluding diaryl/α,β-unsaturated/α-hetero) is 1. The SMILES string of the molecule is COc1cc(C(C)=O)ccc1OC[C@@H](O)C[NH+]1CCN(c2ccc(C)cc2C)CC1. The van der Waals surface area contributed by atoms with Crippen molar-refractivity contribution in [2.45, 2.75) is 26.9 Å². The van der Waals surface area contributed by atoms with Gasteiger partial charge < -0.3 is 24.4 Å². The smallest absolute Gasteiger partial charge is 0.161 e. The standard InChI is InChI=1S/C24H32N2O4/c1-17-5-7-22(18(2)13-17)26-11-9-25(10-12-26)15-21(28)16-30-23-8-6-20(19(3)27)14-24(23)29-4/h5-8,13-14,21,28H,9-12,15-16H2,1-4H3/p+1/t21-/m0/s1. The fourth-order valence-electron chi connectivity index (χ4n) is 4.01. The summed E-state index contributed by atoms with van der Waals surface area (Å²) in [6.45, 7) is 10.6. The number of nitrogens with zero attached hydrogens (tertiary/aromatic N) is 1.